The van der Waals surface area contributed by atoms with Gasteiger partial charge in [0, 0.05) is 18.1 Å². The first-order valence-corrected chi connectivity index (χ1v) is 9.41. The standard InChI is InChI=1S/C19H24ClN3O3/c1-3-10-22(11-13-4-5-13)16(24)12-23-17(25)19(2,21-18(23)26)14-6-8-15(20)9-7-14/h6-9,13H,3-5,10-12H2,1-2H3,(H,21,26)/t19-/m0/s1. The molecule has 2 aliphatic rings. The lowest BCUT2D eigenvalue weighted by molar-refractivity contribution is -0.139. The minimum absolute atomic E-state index is 0.178. The number of rotatable bonds is 7. The van der Waals surface area contributed by atoms with Crippen molar-refractivity contribution in [3.63, 3.8) is 0 Å². The highest BCUT2D eigenvalue weighted by atomic mass is 35.5. The second kappa shape index (κ2) is 7.27. The average Bonchev–Trinajstić information content (AvgIpc) is 3.39. The van der Waals surface area contributed by atoms with Crippen molar-refractivity contribution in [2.75, 3.05) is 19.6 Å². The molecule has 1 atom stereocenters. The van der Waals surface area contributed by atoms with Gasteiger partial charge in [0.1, 0.15) is 12.1 Å². The van der Waals surface area contributed by atoms with E-state index in [-0.39, 0.29) is 12.5 Å². The van der Waals surface area contributed by atoms with E-state index in [4.69, 9.17) is 11.6 Å². The normalized spacial score (nSPS) is 22.5. The number of benzene rings is 1. The van der Waals surface area contributed by atoms with Gasteiger partial charge in [-0.1, -0.05) is 30.7 Å². The highest BCUT2D eigenvalue weighted by Crippen LogP contribution is 2.31. The predicted octanol–water partition coefficient (Wildman–Crippen LogP) is 2.76. The largest absolute Gasteiger partial charge is 0.341 e. The lowest BCUT2D eigenvalue weighted by Crippen LogP contribution is -2.45. The molecule has 1 aliphatic heterocycles. The summed E-state index contributed by atoms with van der Waals surface area (Å²) >= 11 is 5.90. The summed E-state index contributed by atoms with van der Waals surface area (Å²) in [4.78, 5) is 40.8. The Morgan fingerprint density at radius 3 is 2.54 bits per heavy atom. The average molecular weight is 378 g/mol. The van der Waals surface area contributed by atoms with Crippen LogP contribution in [0.1, 0.15) is 38.7 Å². The fourth-order valence-corrected chi connectivity index (χ4v) is 3.38. The summed E-state index contributed by atoms with van der Waals surface area (Å²) in [6.07, 6.45) is 3.14. The van der Waals surface area contributed by atoms with Crippen LogP contribution in [0.25, 0.3) is 0 Å². The summed E-state index contributed by atoms with van der Waals surface area (Å²) in [5, 5.41) is 3.27. The molecule has 1 saturated heterocycles. The zero-order valence-corrected chi connectivity index (χ0v) is 15.9. The fourth-order valence-electron chi connectivity index (χ4n) is 3.25. The van der Waals surface area contributed by atoms with Gasteiger partial charge < -0.3 is 10.2 Å². The maximum absolute atomic E-state index is 12.9. The van der Waals surface area contributed by atoms with E-state index in [9.17, 15) is 14.4 Å². The number of carbonyl (C=O) groups is 3. The molecule has 1 heterocycles. The molecule has 0 aromatic heterocycles. The first-order chi connectivity index (χ1) is 12.3. The molecule has 0 radical (unpaired) electrons. The Morgan fingerprint density at radius 1 is 1.31 bits per heavy atom. The lowest BCUT2D eigenvalue weighted by Gasteiger charge is -2.25. The van der Waals surface area contributed by atoms with Gasteiger partial charge in [0.2, 0.25) is 5.91 Å². The van der Waals surface area contributed by atoms with Crippen molar-refractivity contribution in [2.24, 2.45) is 5.92 Å². The molecule has 1 aromatic carbocycles. The zero-order chi connectivity index (χ0) is 18.9. The number of imide groups is 1. The Labute approximate surface area is 158 Å². The third kappa shape index (κ3) is 3.70. The number of hydrogen-bond donors (Lipinski definition) is 1. The highest BCUT2D eigenvalue weighted by molar-refractivity contribution is 6.30. The highest BCUT2D eigenvalue weighted by Gasteiger charge is 2.49. The van der Waals surface area contributed by atoms with Crippen LogP contribution in [-0.4, -0.2) is 47.3 Å². The van der Waals surface area contributed by atoms with E-state index < -0.39 is 17.5 Å². The Hall–Kier alpha value is -2.08. The zero-order valence-electron chi connectivity index (χ0n) is 15.1. The van der Waals surface area contributed by atoms with Crippen molar-refractivity contribution in [1.82, 2.24) is 15.1 Å². The minimum Gasteiger partial charge on any atom is -0.341 e. The number of urea groups is 1. The number of halogens is 1. The van der Waals surface area contributed by atoms with E-state index in [1.807, 2.05) is 6.92 Å². The van der Waals surface area contributed by atoms with Crippen LogP contribution in [0.15, 0.2) is 24.3 Å². The fraction of sp³-hybridized carbons (Fsp3) is 0.526. The molecule has 0 bridgehead atoms. The number of hydrogen-bond acceptors (Lipinski definition) is 3. The van der Waals surface area contributed by atoms with Crippen molar-refractivity contribution in [3.8, 4) is 0 Å². The molecule has 3 rings (SSSR count). The van der Waals surface area contributed by atoms with Gasteiger partial charge in [-0.3, -0.25) is 14.5 Å². The van der Waals surface area contributed by atoms with E-state index in [0.29, 0.717) is 29.6 Å². The summed E-state index contributed by atoms with van der Waals surface area (Å²) in [5.74, 6) is -0.0309. The van der Waals surface area contributed by atoms with E-state index in [1.165, 1.54) is 0 Å². The molecule has 1 aromatic rings. The minimum atomic E-state index is -1.19. The van der Waals surface area contributed by atoms with Crippen LogP contribution in [0, 0.1) is 5.92 Å². The van der Waals surface area contributed by atoms with Crippen molar-refractivity contribution in [1.29, 1.82) is 0 Å². The van der Waals surface area contributed by atoms with Crippen molar-refractivity contribution in [2.45, 2.75) is 38.6 Å². The summed E-state index contributed by atoms with van der Waals surface area (Å²) < 4.78 is 0. The van der Waals surface area contributed by atoms with Gasteiger partial charge in [0.15, 0.2) is 0 Å². The van der Waals surface area contributed by atoms with Crippen molar-refractivity contribution < 1.29 is 14.4 Å². The number of carbonyl (C=O) groups excluding carboxylic acids is 3. The number of nitrogens with one attached hydrogen (secondary N) is 1. The van der Waals surface area contributed by atoms with E-state index in [1.54, 1.807) is 36.1 Å². The van der Waals surface area contributed by atoms with Gasteiger partial charge in [0.05, 0.1) is 0 Å². The van der Waals surface area contributed by atoms with E-state index in [0.717, 1.165) is 24.2 Å². The molecule has 4 amide bonds. The Bertz CT molecular complexity index is 717. The van der Waals surface area contributed by atoms with Gasteiger partial charge in [-0.2, -0.15) is 0 Å². The van der Waals surface area contributed by atoms with Gasteiger partial charge >= 0.3 is 6.03 Å². The maximum Gasteiger partial charge on any atom is 0.325 e. The Kier molecular flexibility index (Phi) is 5.23. The first kappa shape index (κ1) is 18.7. The summed E-state index contributed by atoms with van der Waals surface area (Å²) in [7, 11) is 0. The van der Waals surface area contributed by atoms with Gasteiger partial charge in [-0.25, -0.2) is 4.79 Å². The maximum atomic E-state index is 12.9. The lowest BCUT2D eigenvalue weighted by atomic mass is 9.92. The molecule has 0 unspecified atom stereocenters. The molecule has 1 N–H and O–H groups in total. The predicted molar refractivity (Wildman–Crippen MR) is 98.6 cm³/mol. The van der Waals surface area contributed by atoms with E-state index in [2.05, 4.69) is 5.32 Å². The van der Waals surface area contributed by atoms with E-state index >= 15 is 0 Å². The van der Waals surface area contributed by atoms with Crippen LogP contribution < -0.4 is 5.32 Å². The molecule has 26 heavy (non-hydrogen) atoms. The summed E-state index contributed by atoms with van der Waals surface area (Å²) in [6, 6.07) is 6.23. The topological polar surface area (TPSA) is 69.7 Å². The molecule has 7 heteroatoms. The monoisotopic (exact) mass is 377 g/mol. The van der Waals surface area contributed by atoms with Crippen LogP contribution in [0.3, 0.4) is 0 Å². The van der Waals surface area contributed by atoms with Crippen molar-refractivity contribution in [3.05, 3.63) is 34.9 Å². The van der Waals surface area contributed by atoms with Crippen LogP contribution in [0.5, 0.6) is 0 Å². The van der Waals surface area contributed by atoms with Gasteiger partial charge in [0.25, 0.3) is 5.91 Å². The SMILES string of the molecule is CCCN(CC1CC1)C(=O)CN1C(=O)N[C@@](C)(c2ccc(Cl)cc2)C1=O. The molecule has 2 fully saturated rings. The molecule has 6 nitrogen and oxygen atoms in total. The summed E-state index contributed by atoms with van der Waals surface area (Å²) in [5.41, 5.74) is -0.549. The van der Waals surface area contributed by atoms with Gasteiger partial charge in [-0.15, -0.1) is 0 Å². The van der Waals surface area contributed by atoms with Crippen LogP contribution >= 0.6 is 11.6 Å². The molecular weight excluding hydrogens is 354 g/mol. The first-order valence-electron chi connectivity index (χ1n) is 9.03. The quantitative estimate of drug-likeness (QED) is 0.743. The van der Waals surface area contributed by atoms with Crippen molar-refractivity contribution >= 4 is 29.4 Å². The molecule has 0 spiro atoms. The number of nitrogens with zero attached hydrogens (tertiary/aromatic N) is 2. The molecule has 1 aliphatic carbocycles. The Balaban J connectivity index is 1.73. The Morgan fingerprint density at radius 2 is 1.96 bits per heavy atom. The second-order valence-corrected chi connectivity index (χ2v) is 7.67. The molecule has 1 saturated carbocycles. The smallest absolute Gasteiger partial charge is 0.325 e. The molecule has 140 valence electrons. The molecular formula is C19H24ClN3O3. The van der Waals surface area contributed by atoms with Gasteiger partial charge in [-0.05, 0) is 49.8 Å². The number of amides is 4. The third-order valence-corrected chi connectivity index (χ3v) is 5.26. The van der Waals surface area contributed by atoms with Crippen LogP contribution in [0.2, 0.25) is 5.02 Å². The third-order valence-electron chi connectivity index (χ3n) is 5.01. The second-order valence-electron chi connectivity index (χ2n) is 7.24. The summed E-state index contributed by atoms with van der Waals surface area (Å²) in [6.45, 7) is 4.80. The van der Waals surface area contributed by atoms with Crippen LogP contribution in [0.4, 0.5) is 4.79 Å². The van der Waals surface area contributed by atoms with Crippen LogP contribution in [-0.2, 0) is 15.1 Å².